The van der Waals surface area contributed by atoms with E-state index in [0.29, 0.717) is 6.42 Å². The summed E-state index contributed by atoms with van der Waals surface area (Å²) in [5, 5.41) is 2.48. The van der Waals surface area contributed by atoms with Gasteiger partial charge in [-0.05, 0) is 52.6 Å². The van der Waals surface area contributed by atoms with Gasteiger partial charge in [0.05, 0.1) is 12.7 Å². The van der Waals surface area contributed by atoms with Crippen LogP contribution in [-0.2, 0) is 12.8 Å². The Labute approximate surface area is 147 Å². The molecule has 1 nitrogen and oxygen atoms in total. The first-order valence-electron chi connectivity index (χ1n) is 8.45. The summed E-state index contributed by atoms with van der Waals surface area (Å²) in [5.74, 6) is 7.32. The summed E-state index contributed by atoms with van der Waals surface area (Å²) in [6.07, 6.45) is 3.27. The smallest absolute Gasteiger partial charge is 0.115 e. The molecule has 0 aliphatic carbocycles. The Morgan fingerprint density at radius 2 is 1.60 bits per heavy atom. The average Bonchev–Trinajstić information content (AvgIpc) is 3.16. The lowest BCUT2D eigenvalue weighted by atomic mass is 10.00. The van der Waals surface area contributed by atoms with E-state index in [-0.39, 0.29) is 0 Å². The van der Waals surface area contributed by atoms with Crippen LogP contribution in [0.4, 0.5) is 0 Å². The molecule has 0 aliphatic rings. The summed E-state index contributed by atoms with van der Waals surface area (Å²) < 4.78 is 5.31. The standard InChI is InChI=1S/C24H18O/c1-2-6-19(7-3-1)16-21-12-14-22-13-11-20(17-23(22)18-21)8-4-9-24-10-5-15-25-24/h1-3,5-7,10-15,17-18H,9,16H2. The lowest BCUT2D eigenvalue weighted by Gasteiger charge is -2.05. The molecule has 0 saturated carbocycles. The minimum absolute atomic E-state index is 0.638. The normalized spacial score (nSPS) is 10.4. The molecule has 0 fully saturated rings. The van der Waals surface area contributed by atoms with Crippen LogP contribution in [0.5, 0.6) is 0 Å². The van der Waals surface area contributed by atoms with E-state index in [0.717, 1.165) is 17.7 Å². The Hall–Kier alpha value is -3.24. The Morgan fingerprint density at radius 3 is 2.44 bits per heavy atom. The minimum atomic E-state index is 0.638. The zero-order valence-corrected chi connectivity index (χ0v) is 13.9. The van der Waals surface area contributed by atoms with Gasteiger partial charge in [-0.2, -0.15) is 0 Å². The van der Waals surface area contributed by atoms with Crippen molar-refractivity contribution in [1.82, 2.24) is 0 Å². The van der Waals surface area contributed by atoms with Crippen molar-refractivity contribution in [2.45, 2.75) is 12.8 Å². The van der Waals surface area contributed by atoms with Crippen molar-refractivity contribution < 1.29 is 4.42 Å². The van der Waals surface area contributed by atoms with Crippen LogP contribution in [0.25, 0.3) is 10.8 Å². The highest BCUT2D eigenvalue weighted by Crippen LogP contribution is 2.19. The highest BCUT2D eigenvalue weighted by Gasteiger charge is 2.00. The maximum atomic E-state index is 5.31. The van der Waals surface area contributed by atoms with E-state index in [4.69, 9.17) is 4.42 Å². The van der Waals surface area contributed by atoms with Gasteiger partial charge >= 0.3 is 0 Å². The molecule has 0 atom stereocenters. The Kier molecular flexibility index (Phi) is 4.35. The molecule has 0 amide bonds. The topological polar surface area (TPSA) is 13.1 Å². The summed E-state index contributed by atoms with van der Waals surface area (Å²) in [7, 11) is 0. The van der Waals surface area contributed by atoms with E-state index in [9.17, 15) is 0 Å². The molecule has 1 heteroatoms. The van der Waals surface area contributed by atoms with Gasteiger partial charge in [-0.1, -0.05) is 66.4 Å². The number of fused-ring (bicyclic) bond motifs is 1. The first-order valence-corrected chi connectivity index (χ1v) is 8.45. The van der Waals surface area contributed by atoms with E-state index in [1.54, 1.807) is 6.26 Å². The van der Waals surface area contributed by atoms with Crippen molar-refractivity contribution in [2.75, 3.05) is 0 Å². The fraction of sp³-hybridized carbons (Fsp3) is 0.0833. The quantitative estimate of drug-likeness (QED) is 0.446. The van der Waals surface area contributed by atoms with E-state index in [1.165, 1.54) is 21.9 Å². The molecule has 1 heterocycles. The van der Waals surface area contributed by atoms with Gasteiger partial charge in [-0.15, -0.1) is 0 Å². The van der Waals surface area contributed by atoms with Crippen LogP contribution in [0.3, 0.4) is 0 Å². The first kappa shape index (κ1) is 15.3. The van der Waals surface area contributed by atoms with Crippen molar-refractivity contribution in [3.8, 4) is 11.8 Å². The van der Waals surface area contributed by atoms with Crippen LogP contribution < -0.4 is 0 Å². The molecule has 0 aliphatic heterocycles. The molecule has 0 spiro atoms. The molecule has 0 saturated heterocycles. The van der Waals surface area contributed by atoms with Crippen LogP contribution >= 0.6 is 0 Å². The van der Waals surface area contributed by atoms with Gasteiger partial charge in [0.15, 0.2) is 0 Å². The SMILES string of the molecule is C(#Cc1ccc2ccc(Cc3ccccc3)cc2c1)Cc1ccco1. The highest BCUT2D eigenvalue weighted by atomic mass is 16.3. The first-order chi connectivity index (χ1) is 12.4. The molecular weight excluding hydrogens is 304 g/mol. The van der Waals surface area contributed by atoms with Crippen molar-refractivity contribution in [1.29, 1.82) is 0 Å². The van der Waals surface area contributed by atoms with Gasteiger partial charge < -0.3 is 4.42 Å². The van der Waals surface area contributed by atoms with E-state index in [1.807, 2.05) is 12.1 Å². The third-order valence-corrected chi connectivity index (χ3v) is 4.23. The van der Waals surface area contributed by atoms with Crippen LogP contribution in [-0.4, -0.2) is 0 Å². The van der Waals surface area contributed by atoms with Gasteiger partial charge in [0.25, 0.3) is 0 Å². The van der Waals surface area contributed by atoms with E-state index < -0.39 is 0 Å². The predicted octanol–water partition coefficient (Wildman–Crippen LogP) is 5.62. The lowest BCUT2D eigenvalue weighted by Crippen LogP contribution is -1.88. The Morgan fingerprint density at radius 1 is 0.720 bits per heavy atom. The molecule has 4 rings (SSSR count). The fourth-order valence-corrected chi connectivity index (χ4v) is 2.96. The molecule has 1 aromatic heterocycles. The number of hydrogen-bond acceptors (Lipinski definition) is 1. The molecule has 0 bridgehead atoms. The monoisotopic (exact) mass is 322 g/mol. The number of hydrogen-bond donors (Lipinski definition) is 0. The zero-order valence-electron chi connectivity index (χ0n) is 13.9. The summed E-state index contributed by atoms with van der Waals surface area (Å²) in [5.41, 5.74) is 3.69. The molecule has 0 unspecified atom stereocenters. The van der Waals surface area contributed by atoms with Crippen molar-refractivity contribution >= 4 is 10.8 Å². The third-order valence-electron chi connectivity index (χ3n) is 4.23. The maximum absolute atomic E-state index is 5.31. The van der Waals surface area contributed by atoms with E-state index >= 15 is 0 Å². The molecule has 0 N–H and O–H groups in total. The van der Waals surface area contributed by atoms with Crippen LogP contribution in [0.1, 0.15) is 22.5 Å². The molecule has 3 aromatic carbocycles. The van der Waals surface area contributed by atoms with E-state index in [2.05, 4.69) is 78.6 Å². The van der Waals surface area contributed by atoms with Gasteiger partial charge in [0.2, 0.25) is 0 Å². The molecule has 25 heavy (non-hydrogen) atoms. The molecule has 4 aromatic rings. The Bertz CT molecular complexity index is 1030. The van der Waals surface area contributed by atoms with Gasteiger partial charge in [0, 0.05) is 5.56 Å². The summed E-state index contributed by atoms with van der Waals surface area (Å²) >= 11 is 0. The van der Waals surface area contributed by atoms with Gasteiger partial charge in [-0.3, -0.25) is 0 Å². The molecule has 0 radical (unpaired) electrons. The maximum Gasteiger partial charge on any atom is 0.115 e. The summed E-state index contributed by atoms with van der Waals surface area (Å²) in [4.78, 5) is 0. The Balaban J connectivity index is 1.57. The average molecular weight is 322 g/mol. The zero-order chi connectivity index (χ0) is 16.9. The number of benzene rings is 3. The second-order valence-electron chi connectivity index (χ2n) is 6.12. The minimum Gasteiger partial charge on any atom is -0.468 e. The lowest BCUT2D eigenvalue weighted by molar-refractivity contribution is 0.525. The van der Waals surface area contributed by atoms with Crippen LogP contribution in [0.2, 0.25) is 0 Å². The highest BCUT2D eigenvalue weighted by molar-refractivity contribution is 5.84. The predicted molar refractivity (Wildman–Crippen MR) is 102 cm³/mol. The third kappa shape index (κ3) is 3.82. The van der Waals surface area contributed by atoms with Crippen molar-refractivity contribution in [3.05, 3.63) is 108 Å². The number of rotatable bonds is 3. The second-order valence-corrected chi connectivity index (χ2v) is 6.12. The van der Waals surface area contributed by atoms with Crippen molar-refractivity contribution in [2.24, 2.45) is 0 Å². The molecular formula is C24H18O. The van der Waals surface area contributed by atoms with Crippen LogP contribution in [0, 0.1) is 11.8 Å². The number of furan rings is 1. The fourth-order valence-electron chi connectivity index (χ4n) is 2.96. The second kappa shape index (κ2) is 7.11. The van der Waals surface area contributed by atoms with Gasteiger partial charge in [-0.25, -0.2) is 0 Å². The van der Waals surface area contributed by atoms with Gasteiger partial charge in [0.1, 0.15) is 5.76 Å². The summed E-state index contributed by atoms with van der Waals surface area (Å²) in [6.45, 7) is 0. The van der Waals surface area contributed by atoms with Crippen LogP contribution in [0.15, 0.2) is 89.5 Å². The summed E-state index contributed by atoms with van der Waals surface area (Å²) in [6, 6.07) is 27.4. The largest absolute Gasteiger partial charge is 0.468 e. The van der Waals surface area contributed by atoms with Crippen molar-refractivity contribution in [3.63, 3.8) is 0 Å². The molecule has 120 valence electrons.